The summed E-state index contributed by atoms with van der Waals surface area (Å²) in [5, 5.41) is 12.4. The number of rotatable bonds is 8. The lowest BCUT2D eigenvalue weighted by Gasteiger charge is -2.24. The Morgan fingerprint density at radius 2 is 1.94 bits per heavy atom. The van der Waals surface area contributed by atoms with Crippen LogP contribution in [0, 0.1) is 5.92 Å². The number of carbonyl (C=O) groups excluding carboxylic acids is 1. The second kappa shape index (κ2) is 10.8. The van der Waals surface area contributed by atoms with Crippen molar-refractivity contribution in [1.29, 1.82) is 0 Å². The van der Waals surface area contributed by atoms with E-state index >= 15 is 0 Å². The number of thioether (sulfide) groups is 1. The molecular weight excluding hydrogens is 452 g/mol. The summed E-state index contributed by atoms with van der Waals surface area (Å²) in [4.78, 5) is 12.9. The molecular formula is C25H30N4O4S. The second-order valence-electron chi connectivity index (χ2n) is 8.43. The Hall–Kier alpha value is -3.20. The van der Waals surface area contributed by atoms with Crippen LogP contribution in [0.3, 0.4) is 0 Å². The van der Waals surface area contributed by atoms with Crippen molar-refractivity contribution in [2.24, 2.45) is 13.0 Å². The molecule has 2 aromatic carbocycles. The Bertz CT molecular complexity index is 1150. The van der Waals surface area contributed by atoms with Crippen molar-refractivity contribution in [3.05, 3.63) is 48.0 Å². The van der Waals surface area contributed by atoms with Gasteiger partial charge in [0.05, 0.1) is 32.1 Å². The van der Waals surface area contributed by atoms with Crippen LogP contribution in [0.2, 0.25) is 0 Å². The second-order valence-corrected chi connectivity index (χ2v) is 9.37. The molecule has 0 aliphatic carbocycles. The van der Waals surface area contributed by atoms with E-state index in [2.05, 4.69) is 29.4 Å². The maximum Gasteiger partial charge on any atom is 0.230 e. The Balaban J connectivity index is 1.42. The Morgan fingerprint density at radius 3 is 2.71 bits per heavy atom. The zero-order chi connectivity index (χ0) is 24.1. The Labute approximate surface area is 204 Å². The Morgan fingerprint density at radius 1 is 1.15 bits per heavy atom. The monoisotopic (exact) mass is 482 g/mol. The molecule has 1 unspecified atom stereocenters. The maximum absolute atomic E-state index is 12.9. The molecule has 9 heteroatoms. The summed E-state index contributed by atoms with van der Waals surface area (Å²) >= 11 is 1.36. The van der Waals surface area contributed by atoms with Gasteiger partial charge in [0, 0.05) is 19.0 Å². The molecule has 3 aromatic rings. The van der Waals surface area contributed by atoms with Crippen LogP contribution >= 0.6 is 11.8 Å². The molecule has 180 valence electrons. The van der Waals surface area contributed by atoms with Gasteiger partial charge in [-0.15, -0.1) is 10.2 Å². The molecule has 0 saturated carbocycles. The van der Waals surface area contributed by atoms with Gasteiger partial charge in [-0.1, -0.05) is 43.8 Å². The smallest absolute Gasteiger partial charge is 0.230 e. The maximum atomic E-state index is 12.9. The summed E-state index contributed by atoms with van der Waals surface area (Å²) in [7, 11) is 3.52. The van der Waals surface area contributed by atoms with Crippen molar-refractivity contribution in [3.63, 3.8) is 0 Å². The molecule has 1 aliphatic heterocycles. The van der Waals surface area contributed by atoms with Gasteiger partial charge < -0.3 is 24.1 Å². The first-order valence-electron chi connectivity index (χ1n) is 11.3. The minimum atomic E-state index is -0.142. The normalized spacial score (nSPS) is 13.9. The summed E-state index contributed by atoms with van der Waals surface area (Å²) in [5.41, 5.74) is 1.90. The van der Waals surface area contributed by atoms with Crippen LogP contribution in [-0.4, -0.2) is 46.7 Å². The van der Waals surface area contributed by atoms with Crippen LogP contribution in [-0.2, 0) is 11.8 Å². The quantitative estimate of drug-likeness (QED) is 0.480. The molecule has 1 amide bonds. The molecule has 1 atom stereocenters. The predicted molar refractivity (Wildman–Crippen MR) is 131 cm³/mol. The predicted octanol–water partition coefficient (Wildman–Crippen LogP) is 4.26. The van der Waals surface area contributed by atoms with Crippen molar-refractivity contribution in [2.45, 2.75) is 31.5 Å². The van der Waals surface area contributed by atoms with Gasteiger partial charge in [0.2, 0.25) is 5.91 Å². The third-order valence-corrected chi connectivity index (χ3v) is 6.63. The van der Waals surface area contributed by atoms with Gasteiger partial charge in [-0.25, -0.2) is 0 Å². The fourth-order valence-corrected chi connectivity index (χ4v) is 4.53. The van der Waals surface area contributed by atoms with E-state index in [0.29, 0.717) is 24.2 Å². The molecule has 4 rings (SSSR count). The van der Waals surface area contributed by atoms with Gasteiger partial charge in [-0.3, -0.25) is 4.79 Å². The van der Waals surface area contributed by atoms with E-state index in [1.54, 1.807) is 7.11 Å². The minimum absolute atomic E-state index is 0.0678. The average Bonchev–Trinajstić information content (AvgIpc) is 3.05. The van der Waals surface area contributed by atoms with E-state index in [9.17, 15) is 4.79 Å². The highest BCUT2D eigenvalue weighted by Gasteiger charge is 2.22. The summed E-state index contributed by atoms with van der Waals surface area (Å²) in [6.07, 6.45) is 0.854. The number of methoxy groups -OCH3 is 1. The van der Waals surface area contributed by atoms with Crippen molar-refractivity contribution < 1.29 is 19.0 Å². The standard InChI is InChI=1S/C25H30N4O4S/c1-16(2)23(17-9-10-20-21(14-17)33-12-6-11-32-20)26-22(30)15-34-25-28-27-24(29(25)3)18-7-5-8-19(13-18)31-4/h5,7-10,13-14,16,23H,6,11-12,15H2,1-4H3,(H,26,30). The van der Waals surface area contributed by atoms with Crippen LogP contribution in [0.1, 0.15) is 31.9 Å². The van der Waals surface area contributed by atoms with Gasteiger partial charge in [0.25, 0.3) is 0 Å². The summed E-state index contributed by atoms with van der Waals surface area (Å²) in [6.45, 7) is 5.45. The van der Waals surface area contributed by atoms with Crippen molar-refractivity contribution in [1.82, 2.24) is 20.1 Å². The number of amides is 1. The van der Waals surface area contributed by atoms with Crippen molar-refractivity contribution in [3.8, 4) is 28.6 Å². The number of fused-ring (bicyclic) bond motifs is 1. The number of aromatic nitrogens is 3. The number of benzene rings is 2. The molecule has 1 N–H and O–H groups in total. The third kappa shape index (κ3) is 5.47. The first-order chi connectivity index (χ1) is 16.5. The van der Waals surface area contributed by atoms with Gasteiger partial charge >= 0.3 is 0 Å². The zero-order valence-electron chi connectivity index (χ0n) is 19.9. The van der Waals surface area contributed by atoms with E-state index < -0.39 is 0 Å². The van der Waals surface area contributed by atoms with Gasteiger partial charge in [0.1, 0.15) is 5.75 Å². The molecule has 2 heterocycles. The fourth-order valence-electron chi connectivity index (χ4n) is 3.81. The molecule has 0 spiro atoms. The van der Waals surface area contributed by atoms with E-state index in [4.69, 9.17) is 14.2 Å². The van der Waals surface area contributed by atoms with E-state index in [1.165, 1.54) is 11.8 Å². The molecule has 34 heavy (non-hydrogen) atoms. The summed E-state index contributed by atoms with van der Waals surface area (Å²) in [6, 6.07) is 13.4. The van der Waals surface area contributed by atoms with E-state index in [1.807, 2.05) is 54.1 Å². The van der Waals surface area contributed by atoms with E-state index in [0.717, 1.165) is 34.8 Å². The van der Waals surface area contributed by atoms with Crippen molar-refractivity contribution >= 4 is 17.7 Å². The molecule has 1 aliphatic rings. The molecule has 8 nitrogen and oxygen atoms in total. The highest BCUT2D eigenvalue weighted by molar-refractivity contribution is 7.99. The summed E-state index contributed by atoms with van der Waals surface area (Å²) in [5.74, 6) is 3.32. The number of nitrogens with one attached hydrogen (secondary N) is 1. The SMILES string of the molecule is COc1cccc(-c2nnc(SCC(=O)NC(c3ccc4c(c3)OCCCO4)C(C)C)n2C)c1. The number of carbonyl (C=O) groups is 1. The minimum Gasteiger partial charge on any atom is -0.497 e. The van der Waals surface area contributed by atoms with Gasteiger partial charge in [0.15, 0.2) is 22.5 Å². The fraction of sp³-hybridized carbons (Fsp3) is 0.400. The zero-order valence-corrected chi connectivity index (χ0v) is 20.7. The number of ether oxygens (including phenoxy) is 3. The highest BCUT2D eigenvalue weighted by Crippen LogP contribution is 2.34. The molecule has 1 aromatic heterocycles. The van der Waals surface area contributed by atoms with Crippen LogP contribution in [0.5, 0.6) is 17.2 Å². The topological polar surface area (TPSA) is 87.5 Å². The van der Waals surface area contributed by atoms with Gasteiger partial charge in [-0.2, -0.15) is 0 Å². The average molecular weight is 483 g/mol. The van der Waals surface area contributed by atoms with Crippen LogP contribution in [0.4, 0.5) is 0 Å². The Kier molecular flexibility index (Phi) is 7.62. The molecule has 0 radical (unpaired) electrons. The highest BCUT2D eigenvalue weighted by atomic mass is 32.2. The molecule has 0 bridgehead atoms. The number of hydrogen-bond donors (Lipinski definition) is 1. The van der Waals surface area contributed by atoms with E-state index in [-0.39, 0.29) is 23.6 Å². The van der Waals surface area contributed by atoms with Crippen LogP contribution in [0.25, 0.3) is 11.4 Å². The lowest BCUT2D eigenvalue weighted by atomic mass is 9.95. The first kappa shape index (κ1) is 23.9. The number of hydrogen-bond acceptors (Lipinski definition) is 7. The first-order valence-corrected chi connectivity index (χ1v) is 12.3. The summed E-state index contributed by atoms with van der Waals surface area (Å²) < 4.78 is 18.7. The number of nitrogens with zero attached hydrogens (tertiary/aromatic N) is 3. The lowest BCUT2D eigenvalue weighted by Crippen LogP contribution is -2.33. The molecule has 0 fully saturated rings. The molecule has 0 saturated heterocycles. The van der Waals surface area contributed by atoms with Crippen molar-refractivity contribution in [2.75, 3.05) is 26.1 Å². The van der Waals surface area contributed by atoms with Crippen LogP contribution in [0.15, 0.2) is 47.6 Å². The lowest BCUT2D eigenvalue weighted by molar-refractivity contribution is -0.119. The largest absolute Gasteiger partial charge is 0.497 e. The van der Waals surface area contributed by atoms with Crippen LogP contribution < -0.4 is 19.5 Å². The third-order valence-electron chi connectivity index (χ3n) is 5.61. The van der Waals surface area contributed by atoms with Gasteiger partial charge in [-0.05, 0) is 35.7 Å².